The number of imidazole rings is 1. The Labute approximate surface area is 151 Å². The normalized spacial score (nSPS) is 30.0. The van der Waals surface area contributed by atoms with Crippen LogP contribution < -0.4 is 5.73 Å². The summed E-state index contributed by atoms with van der Waals surface area (Å²) >= 11 is 10.6. The molecule has 0 radical (unpaired) electrons. The van der Waals surface area contributed by atoms with Crippen molar-refractivity contribution < 1.29 is 14.9 Å². The number of aromatic amines is 1. The van der Waals surface area contributed by atoms with Gasteiger partial charge in [0.25, 0.3) is 0 Å². The summed E-state index contributed by atoms with van der Waals surface area (Å²) in [7, 11) is 0. The Balaban J connectivity index is 2.25. The number of aliphatic hydroxyl groups is 2. The molecule has 0 amide bonds. The average Bonchev–Trinajstić information content (AvgIpc) is 3.08. The molecule has 1 unspecified atom stereocenters. The van der Waals surface area contributed by atoms with Crippen molar-refractivity contribution in [2.75, 3.05) is 5.73 Å². The summed E-state index contributed by atoms with van der Waals surface area (Å²) in [5.41, 5.74) is 4.31. The zero-order valence-corrected chi connectivity index (χ0v) is 14.3. The van der Waals surface area contributed by atoms with E-state index in [4.69, 9.17) is 34.3 Å². The van der Waals surface area contributed by atoms with Crippen molar-refractivity contribution in [2.24, 2.45) is 5.18 Å². The van der Waals surface area contributed by atoms with Gasteiger partial charge in [0.05, 0.1) is 12.4 Å². The van der Waals surface area contributed by atoms with Crippen LogP contribution in [0.25, 0.3) is 11.2 Å². The number of aliphatic hydroxyl groups excluding tert-OH is 2. The van der Waals surface area contributed by atoms with Crippen molar-refractivity contribution in [1.82, 2.24) is 19.5 Å². The zero-order chi connectivity index (χ0) is 18.4. The number of nitrogens with two attached hydrogens (primary N) is 1. The van der Waals surface area contributed by atoms with E-state index in [2.05, 4.69) is 31.4 Å². The first-order chi connectivity index (χ1) is 11.9. The van der Waals surface area contributed by atoms with Crippen molar-refractivity contribution >= 4 is 40.9 Å². The van der Waals surface area contributed by atoms with Crippen molar-refractivity contribution in [3.63, 3.8) is 0 Å². The number of ether oxygens (including phenoxy) is 1. The highest BCUT2D eigenvalue weighted by Gasteiger charge is 2.60. The second-order valence-electron chi connectivity index (χ2n) is 5.55. The van der Waals surface area contributed by atoms with Crippen LogP contribution in [0.15, 0.2) is 11.5 Å². The highest BCUT2D eigenvalue weighted by molar-refractivity contribution is 7.71. The first kappa shape index (κ1) is 17.7. The minimum Gasteiger partial charge on any atom is -0.391 e. The number of nitrogens with one attached hydrogen (secondary N) is 1. The number of nitrogen functional groups attached to an aromatic ring is 1. The van der Waals surface area contributed by atoms with Gasteiger partial charge in [-0.2, -0.15) is 0 Å². The largest absolute Gasteiger partial charge is 0.391 e. The topological polar surface area (TPSA) is 152 Å². The van der Waals surface area contributed by atoms with Crippen LogP contribution in [0.1, 0.15) is 13.2 Å². The quantitative estimate of drug-likeness (QED) is 0.337. The number of aromatic nitrogens is 4. The number of hydrogen-bond acceptors (Lipinski definition) is 9. The van der Waals surface area contributed by atoms with Crippen molar-refractivity contribution in [3.05, 3.63) is 15.9 Å². The maximum Gasteiger partial charge on any atom is 0.236 e. The van der Waals surface area contributed by atoms with E-state index in [9.17, 15) is 15.1 Å². The Hall–Kier alpha value is -2.10. The molecule has 12 heteroatoms. The Morgan fingerprint density at radius 2 is 2.40 bits per heavy atom. The van der Waals surface area contributed by atoms with E-state index in [-0.39, 0.29) is 10.6 Å². The highest BCUT2D eigenvalue weighted by atomic mass is 35.5. The molecule has 5 N–H and O–H groups in total. The molecule has 0 aliphatic carbocycles. The van der Waals surface area contributed by atoms with Gasteiger partial charge in [0, 0.05) is 5.38 Å². The van der Waals surface area contributed by atoms with Gasteiger partial charge in [0.2, 0.25) is 5.54 Å². The van der Waals surface area contributed by atoms with Crippen LogP contribution in [-0.4, -0.2) is 53.6 Å². The minimum atomic E-state index is -1.97. The molecule has 0 aromatic carbocycles. The summed E-state index contributed by atoms with van der Waals surface area (Å²) < 4.78 is 7.18. The summed E-state index contributed by atoms with van der Waals surface area (Å²) in [5, 5.41) is 25.4. The molecule has 1 aliphatic heterocycles. The molecule has 10 nitrogen and oxygen atoms in total. The molecule has 0 bridgehead atoms. The van der Waals surface area contributed by atoms with E-state index in [0.717, 1.165) is 0 Å². The van der Waals surface area contributed by atoms with Gasteiger partial charge in [-0.15, -0.1) is 4.91 Å². The van der Waals surface area contributed by atoms with E-state index >= 15 is 0 Å². The number of halogens is 1. The maximum atomic E-state index is 11.6. The minimum absolute atomic E-state index is 0.0259. The zero-order valence-electron chi connectivity index (χ0n) is 12.8. The van der Waals surface area contributed by atoms with Gasteiger partial charge < -0.3 is 25.7 Å². The number of hydrogen-bond donors (Lipinski definition) is 4. The lowest BCUT2D eigenvalue weighted by Gasteiger charge is -2.24. The van der Waals surface area contributed by atoms with Crippen LogP contribution in [0.2, 0.25) is 0 Å². The Bertz CT molecular complexity index is 949. The number of nitrogens with zero attached hydrogens (tertiary/aromatic N) is 4. The molecule has 2 aromatic rings. The van der Waals surface area contributed by atoms with Crippen LogP contribution in [0.3, 0.4) is 0 Å². The predicted octanol–water partition coefficient (Wildman–Crippen LogP) is 0.415. The summed E-state index contributed by atoms with van der Waals surface area (Å²) in [6, 6.07) is 0. The molecule has 25 heavy (non-hydrogen) atoms. The smallest absolute Gasteiger partial charge is 0.236 e. The number of rotatable bonds is 3. The van der Waals surface area contributed by atoms with Crippen LogP contribution in [0, 0.1) is 20.8 Å². The number of H-pyrrole nitrogens is 1. The Morgan fingerprint density at radius 3 is 3.00 bits per heavy atom. The van der Waals surface area contributed by atoms with E-state index in [1.807, 2.05) is 0 Å². The third-order valence-electron chi connectivity index (χ3n) is 4.02. The van der Waals surface area contributed by atoms with E-state index in [1.54, 1.807) is 0 Å². The molecule has 3 heterocycles. The number of fused-ring (bicyclic) bond motifs is 1. The third kappa shape index (κ3) is 2.59. The van der Waals surface area contributed by atoms with Crippen molar-refractivity contribution in [2.45, 2.75) is 37.0 Å². The molecule has 1 fully saturated rings. The van der Waals surface area contributed by atoms with Gasteiger partial charge in [0.1, 0.15) is 23.4 Å². The van der Waals surface area contributed by atoms with Gasteiger partial charge in [-0.05, 0) is 29.6 Å². The molecular weight excluding hydrogens is 372 g/mol. The first-order valence-corrected chi connectivity index (χ1v) is 7.85. The summed E-state index contributed by atoms with van der Waals surface area (Å²) in [4.78, 5) is 22.4. The maximum absolute atomic E-state index is 11.6. The molecule has 1 aliphatic rings. The van der Waals surface area contributed by atoms with Gasteiger partial charge in [-0.3, -0.25) is 4.57 Å². The van der Waals surface area contributed by atoms with Crippen LogP contribution in [0.5, 0.6) is 0 Å². The molecular formula is C13H13ClN6O4S. The molecule has 3 rings (SSSR count). The monoisotopic (exact) mass is 384 g/mol. The number of nitroso groups, excluding NO2 is 1. The third-order valence-corrected chi connectivity index (χ3v) is 4.40. The molecule has 2 aromatic heterocycles. The summed E-state index contributed by atoms with van der Waals surface area (Å²) in [6.45, 7) is 1.40. The van der Waals surface area contributed by atoms with Gasteiger partial charge in [-0.1, -0.05) is 12.2 Å². The summed E-state index contributed by atoms with van der Waals surface area (Å²) in [5.74, 6) is 2.42. The lowest BCUT2D eigenvalue weighted by molar-refractivity contribution is -0.0756. The molecule has 0 saturated carbocycles. The molecule has 1 saturated heterocycles. The van der Waals surface area contributed by atoms with E-state index < -0.39 is 30.1 Å². The van der Waals surface area contributed by atoms with Crippen molar-refractivity contribution in [3.8, 4) is 11.3 Å². The Kier molecular flexibility index (Phi) is 4.48. The SMILES string of the molecule is C[C@@H](O)[C@H]1O[C@@H](n2cnc3c(=S)nc(N)[nH]c32)[C@](C#CCl)(N=O)C1O. The molecule has 5 atom stereocenters. The molecule has 0 spiro atoms. The van der Waals surface area contributed by atoms with E-state index in [1.165, 1.54) is 17.8 Å². The fraction of sp³-hybridized carbons (Fsp3) is 0.462. The van der Waals surface area contributed by atoms with E-state index in [0.29, 0.717) is 11.2 Å². The summed E-state index contributed by atoms with van der Waals surface area (Å²) in [6.07, 6.45) is -3.67. The van der Waals surface area contributed by atoms with Gasteiger partial charge in [0.15, 0.2) is 16.8 Å². The second kappa shape index (κ2) is 6.32. The van der Waals surface area contributed by atoms with Gasteiger partial charge >= 0.3 is 0 Å². The Morgan fingerprint density at radius 1 is 1.68 bits per heavy atom. The number of anilines is 1. The van der Waals surface area contributed by atoms with Gasteiger partial charge in [-0.25, -0.2) is 9.97 Å². The first-order valence-electron chi connectivity index (χ1n) is 7.07. The predicted molar refractivity (Wildman–Crippen MR) is 90.9 cm³/mol. The van der Waals surface area contributed by atoms with Crippen LogP contribution in [-0.2, 0) is 4.74 Å². The van der Waals surface area contributed by atoms with Crippen LogP contribution >= 0.6 is 23.8 Å². The lowest BCUT2D eigenvalue weighted by Crippen LogP contribution is -2.45. The fourth-order valence-electron chi connectivity index (χ4n) is 2.84. The highest BCUT2D eigenvalue weighted by Crippen LogP contribution is 2.43. The molecule has 132 valence electrons. The lowest BCUT2D eigenvalue weighted by atomic mass is 9.90. The van der Waals surface area contributed by atoms with Crippen molar-refractivity contribution in [1.29, 1.82) is 0 Å². The van der Waals surface area contributed by atoms with Crippen LogP contribution in [0.4, 0.5) is 5.95 Å². The average molecular weight is 385 g/mol. The fourth-order valence-corrected chi connectivity index (χ4v) is 3.24. The standard InChI is InChI=1S/C13H13ClN6O4S/c1-5(21)7-8(22)13(19-23,2-3-14)11(24-7)20-4-16-6-9(20)17-12(15)18-10(6)25/h4-5,7-8,11,21-22H,1H3,(H3,15,17,18,25)/t5-,7-,8?,11-,13-/m1/s1. The second-order valence-corrected chi connectivity index (χ2v) is 6.13.